The van der Waals surface area contributed by atoms with E-state index in [0.29, 0.717) is 18.0 Å². The van der Waals surface area contributed by atoms with E-state index in [2.05, 4.69) is 10.4 Å². The van der Waals surface area contributed by atoms with Gasteiger partial charge in [-0.05, 0) is 31.5 Å². The zero-order chi connectivity index (χ0) is 16.3. The van der Waals surface area contributed by atoms with E-state index >= 15 is 0 Å². The number of hydrogen-bond acceptors (Lipinski definition) is 4. The Bertz CT molecular complexity index is 692. The van der Waals surface area contributed by atoms with Gasteiger partial charge in [0.25, 0.3) is 0 Å². The zero-order valence-corrected chi connectivity index (χ0v) is 13.6. The number of carbonyl (C=O) groups excluding carboxylic acids is 1. The Hall–Kier alpha value is -2.50. The van der Waals surface area contributed by atoms with Gasteiger partial charge in [-0.25, -0.2) is 0 Å². The highest BCUT2D eigenvalue weighted by Crippen LogP contribution is 2.28. The van der Waals surface area contributed by atoms with Crippen LogP contribution >= 0.6 is 0 Å². The summed E-state index contributed by atoms with van der Waals surface area (Å²) < 4.78 is 12.4. The van der Waals surface area contributed by atoms with Gasteiger partial charge in [-0.1, -0.05) is 6.07 Å². The molecule has 0 aliphatic carbocycles. The number of benzene rings is 1. The van der Waals surface area contributed by atoms with E-state index in [1.807, 2.05) is 36.7 Å². The molecule has 0 saturated carbocycles. The van der Waals surface area contributed by atoms with Crippen LogP contribution in [0, 0.1) is 13.8 Å². The summed E-state index contributed by atoms with van der Waals surface area (Å²) in [5, 5.41) is 7.31. The number of hydrogen-bond donors (Lipinski definition) is 1. The molecule has 1 heterocycles. The number of amides is 1. The standard InChI is InChI=1S/C16H21N3O3/c1-10-16(17-12(3)20)11(2)19(18-10)9-13-6-7-14(21-4)15(8-13)22-5/h6-8H,9H2,1-5H3,(H,17,20). The van der Waals surface area contributed by atoms with Crippen LogP contribution in [0.2, 0.25) is 0 Å². The van der Waals surface area contributed by atoms with Crippen LogP contribution in [0.15, 0.2) is 18.2 Å². The van der Waals surface area contributed by atoms with Crippen molar-refractivity contribution in [2.75, 3.05) is 19.5 Å². The average molecular weight is 303 g/mol. The fourth-order valence-electron chi connectivity index (χ4n) is 2.36. The molecule has 1 aromatic carbocycles. The average Bonchev–Trinajstić information content (AvgIpc) is 2.74. The van der Waals surface area contributed by atoms with Crippen LogP contribution in [-0.2, 0) is 11.3 Å². The van der Waals surface area contributed by atoms with Crippen LogP contribution in [0.4, 0.5) is 5.69 Å². The van der Waals surface area contributed by atoms with Crippen molar-refractivity contribution < 1.29 is 14.3 Å². The van der Waals surface area contributed by atoms with Gasteiger partial charge in [0.1, 0.15) is 0 Å². The molecule has 6 nitrogen and oxygen atoms in total. The maximum atomic E-state index is 11.3. The Morgan fingerprint density at radius 3 is 2.50 bits per heavy atom. The number of aromatic nitrogens is 2. The first kappa shape index (κ1) is 15.9. The lowest BCUT2D eigenvalue weighted by molar-refractivity contribution is -0.114. The number of aryl methyl sites for hydroxylation is 1. The number of carbonyl (C=O) groups is 1. The third-order valence-corrected chi connectivity index (χ3v) is 3.46. The van der Waals surface area contributed by atoms with Crippen molar-refractivity contribution in [3.05, 3.63) is 35.2 Å². The van der Waals surface area contributed by atoms with Gasteiger partial charge in [-0.3, -0.25) is 9.48 Å². The van der Waals surface area contributed by atoms with Crippen LogP contribution < -0.4 is 14.8 Å². The summed E-state index contributed by atoms with van der Waals surface area (Å²) in [6.45, 7) is 5.90. The van der Waals surface area contributed by atoms with Gasteiger partial charge >= 0.3 is 0 Å². The molecule has 118 valence electrons. The monoisotopic (exact) mass is 303 g/mol. The lowest BCUT2D eigenvalue weighted by atomic mass is 10.2. The zero-order valence-electron chi connectivity index (χ0n) is 13.6. The number of anilines is 1. The van der Waals surface area contributed by atoms with Gasteiger partial charge in [-0.2, -0.15) is 5.10 Å². The molecule has 1 N–H and O–H groups in total. The summed E-state index contributed by atoms with van der Waals surface area (Å²) in [6, 6.07) is 5.76. The fourth-order valence-corrected chi connectivity index (χ4v) is 2.36. The van der Waals surface area contributed by atoms with Crippen LogP contribution in [0.5, 0.6) is 11.5 Å². The minimum absolute atomic E-state index is 0.100. The van der Waals surface area contributed by atoms with Gasteiger partial charge < -0.3 is 14.8 Å². The summed E-state index contributed by atoms with van der Waals surface area (Å²) in [7, 11) is 3.22. The summed E-state index contributed by atoms with van der Waals surface area (Å²) in [5.74, 6) is 1.28. The smallest absolute Gasteiger partial charge is 0.221 e. The summed E-state index contributed by atoms with van der Waals surface area (Å²) in [6.07, 6.45) is 0. The van der Waals surface area contributed by atoms with Gasteiger partial charge in [0.2, 0.25) is 5.91 Å². The van der Waals surface area contributed by atoms with Gasteiger partial charge in [0, 0.05) is 6.92 Å². The molecule has 1 amide bonds. The molecule has 0 unspecified atom stereocenters. The molecular formula is C16H21N3O3. The number of nitrogens with zero attached hydrogens (tertiary/aromatic N) is 2. The molecule has 0 spiro atoms. The third-order valence-electron chi connectivity index (χ3n) is 3.46. The number of methoxy groups -OCH3 is 2. The predicted molar refractivity (Wildman–Crippen MR) is 84.7 cm³/mol. The van der Waals surface area contributed by atoms with E-state index in [-0.39, 0.29) is 5.91 Å². The highest BCUT2D eigenvalue weighted by molar-refractivity contribution is 5.89. The second kappa shape index (κ2) is 6.51. The fraction of sp³-hybridized carbons (Fsp3) is 0.375. The van der Waals surface area contributed by atoms with Crippen LogP contribution in [0.25, 0.3) is 0 Å². The highest BCUT2D eigenvalue weighted by atomic mass is 16.5. The molecule has 22 heavy (non-hydrogen) atoms. The maximum Gasteiger partial charge on any atom is 0.221 e. The first-order chi connectivity index (χ1) is 10.5. The third kappa shape index (κ3) is 3.21. The molecule has 0 fully saturated rings. The molecule has 6 heteroatoms. The second-order valence-corrected chi connectivity index (χ2v) is 5.07. The summed E-state index contributed by atoms with van der Waals surface area (Å²) in [5.41, 5.74) is 3.53. The molecule has 0 aliphatic heterocycles. The number of nitrogens with one attached hydrogen (secondary N) is 1. The lowest BCUT2D eigenvalue weighted by Crippen LogP contribution is -2.08. The van der Waals surface area contributed by atoms with E-state index in [0.717, 1.165) is 22.6 Å². The molecule has 0 bridgehead atoms. The Balaban J connectivity index is 2.29. The highest BCUT2D eigenvalue weighted by Gasteiger charge is 2.13. The minimum atomic E-state index is -0.100. The van der Waals surface area contributed by atoms with E-state index in [4.69, 9.17) is 9.47 Å². The van der Waals surface area contributed by atoms with Crippen LogP contribution in [0.3, 0.4) is 0 Å². The number of ether oxygens (including phenoxy) is 2. The molecule has 1 aromatic heterocycles. The Labute approximate surface area is 130 Å². The van der Waals surface area contributed by atoms with Crippen molar-refractivity contribution >= 4 is 11.6 Å². The van der Waals surface area contributed by atoms with E-state index in [1.165, 1.54) is 6.92 Å². The maximum absolute atomic E-state index is 11.3. The number of rotatable bonds is 5. The Kier molecular flexibility index (Phi) is 4.70. The van der Waals surface area contributed by atoms with Crippen molar-refractivity contribution in [2.45, 2.75) is 27.3 Å². The quantitative estimate of drug-likeness (QED) is 0.922. The summed E-state index contributed by atoms with van der Waals surface area (Å²) in [4.78, 5) is 11.3. The second-order valence-electron chi connectivity index (χ2n) is 5.07. The SMILES string of the molecule is COc1ccc(Cn2nc(C)c(NC(C)=O)c2C)cc1OC. The first-order valence-corrected chi connectivity index (χ1v) is 6.98. The Morgan fingerprint density at radius 2 is 1.91 bits per heavy atom. The van der Waals surface area contributed by atoms with Crippen molar-refractivity contribution in [3.8, 4) is 11.5 Å². The van der Waals surface area contributed by atoms with Crippen molar-refractivity contribution in [1.82, 2.24) is 9.78 Å². The molecular weight excluding hydrogens is 282 g/mol. The molecule has 2 rings (SSSR count). The molecule has 0 radical (unpaired) electrons. The van der Waals surface area contributed by atoms with Gasteiger partial charge in [0.05, 0.1) is 37.8 Å². The first-order valence-electron chi connectivity index (χ1n) is 6.98. The van der Waals surface area contributed by atoms with E-state index in [1.54, 1.807) is 14.2 Å². The molecule has 2 aromatic rings. The van der Waals surface area contributed by atoms with E-state index in [9.17, 15) is 4.79 Å². The van der Waals surface area contributed by atoms with Crippen LogP contribution in [-0.4, -0.2) is 29.9 Å². The molecule has 0 atom stereocenters. The van der Waals surface area contributed by atoms with Crippen molar-refractivity contribution in [2.24, 2.45) is 0 Å². The lowest BCUT2D eigenvalue weighted by Gasteiger charge is -2.10. The van der Waals surface area contributed by atoms with Gasteiger partial charge in [0.15, 0.2) is 11.5 Å². The van der Waals surface area contributed by atoms with Crippen molar-refractivity contribution in [3.63, 3.8) is 0 Å². The summed E-state index contributed by atoms with van der Waals surface area (Å²) >= 11 is 0. The molecule has 0 saturated heterocycles. The predicted octanol–water partition coefficient (Wildman–Crippen LogP) is 2.52. The van der Waals surface area contributed by atoms with Gasteiger partial charge in [-0.15, -0.1) is 0 Å². The molecule has 0 aliphatic rings. The van der Waals surface area contributed by atoms with Crippen molar-refractivity contribution in [1.29, 1.82) is 0 Å². The topological polar surface area (TPSA) is 65.4 Å². The van der Waals surface area contributed by atoms with E-state index < -0.39 is 0 Å². The Morgan fingerprint density at radius 1 is 1.23 bits per heavy atom. The normalized spacial score (nSPS) is 10.4. The largest absolute Gasteiger partial charge is 0.493 e. The van der Waals surface area contributed by atoms with Crippen LogP contribution in [0.1, 0.15) is 23.9 Å². The minimum Gasteiger partial charge on any atom is -0.493 e.